The van der Waals surface area contributed by atoms with Crippen LogP contribution in [0, 0.1) is 0 Å². The maximum atomic E-state index is 12.4. The molecule has 1 amide bonds. The molecule has 0 aliphatic carbocycles. The van der Waals surface area contributed by atoms with E-state index >= 15 is 0 Å². The largest absolute Gasteiger partial charge is 0.433 e. The highest BCUT2D eigenvalue weighted by Crippen LogP contribution is 2.29. The Morgan fingerprint density at radius 1 is 1.44 bits per heavy atom. The summed E-state index contributed by atoms with van der Waals surface area (Å²) in [4.78, 5) is 14.3. The summed E-state index contributed by atoms with van der Waals surface area (Å²) in [7, 11) is -3.05. The van der Waals surface area contributed by atoms with Crippen molar-refractivity contribution in [1.29, 1.82) is 0 Å². The van der Waals surface area contributed by atoms with E-state index in [0.717, 1.165) is 12.8 Å². The predicted molar refractivity (Wildman–Crippen MR) is 100 cm³/mol. The highest BCUT2D eigenvalue weighted by Gasteiger charge is 2.32. The first-order chi connectivity index (χ1) is 12.7. The summed E-state index contributed by atoms with van der Waals surface area (Å²) in [6, 6.07) is 3.83. The third kappa shape index (κ3) is 6.90. The van der Waals surface area contributed by atoms with Crippen LogP contribution < -0.4 is 10.1 Å². The number of benzene rings is 1. The van der Waals surface area contributed by atoms with Crippen LogP contribution in [0.2, 0.25) is 5.02 Å². The Kier molecular flexibility index (Phi) is 7.81. The summed E-state index contributed by atoms with van der Waals surface area (Å²) >= 11 is 5.88. The van der Waals surface area contributed by atoms with E-state index in [1.165, 1.54) is 18.2 Å². The van der Waals surface area contributed by atoms with Crippen molar-refractivity contribution in [3.8, 4) is 5.75 Å². The number of amides is 1. The second-order valence-corrected chi connectivity index (χ2v) is 9.09. The lowest BCUT2D eigenvalue weighted by molar-refractivity contribution is -0.117. The summed E-state index contributed by atoms with van der Waals surface area (Å²) in [5.41, 5.74) is 0.348. The molecule has 1 fully saturated rings. The van der Waals surface area contributed by atoms with Crippen LogP contribution >= 0.6 is 11.6 Å². The zero-order valence-electron chi connectivity index (χ0n) is 15.0. The molecule has 1 aliphatic rings. The highest BCUT2D eigenvalue weighted by atomic mass is 35.5. The van der Waals surface area contributed by atoms with E-state index in [0.29, 0.717) is 18.7 Å². The minimum Gasteiger partial charge on any atom is -0.433 e. The van der Waals surface area contributed by atoms with Crippen LogP contribution in [0.3, 0.4) is 0 Å². The van der Waals surface area contributed by atoms with Gasteiger partial charge in [0.05, 0.1) is 23.1 Å². The molecule has 0 saturated carbocycles. The molecule has 0 spiro atoms. The SMILES string of the molecule is CCCCN(CC(=O)Nc1ccc(OC(F)F)c(Cl)c1)C1CCS(=O)(=O)C1. The number of carbonyl (C=O) groups excluding carboxylic acids is 1. The van der Waals surface area contributed by atoms with Crippen LogP contribution in [-0.4, -0.2) is 56.5 Å². The van der Waals surface area contributed by atoms with E-state index in [2.05, 4.69) is 10.1 Å². The Bertz CT molecular complexity index is 761. The summed E-state index contributed by atoms with van der Waals surface area (Å²) in [6.45, 7) is -0.286. The smallest absolute Gasteiger partial charge is 0.387 e. The zero-order chi connectivity index (χ0) is 20.0. The van der Waals surface area contributed by atoms with Crippen molar-refractivity contribution in [1.82, 2.24) is 4.90 Å². The molecular weight excluding hydrogens is 402 g/mol. The van der Waals surface area contributed by atoms with E-state index in [1.807, 2.05) is 11.8 Å². The molecule has 1 heterocycles. The van der Waals surface area contributed by atoms with Gasteiger partial charge in [0.2, 0.25) is 5.91 Å². The first-order valence-electron chi connectivity index (χ1n) is 8.69. The fourth-order valence-corrected chi connectivity index (χ4v) is 4.96. The molecule has 1 saturated heterocycles. The monoisotopic (exact) mass is 424 g/mol. The van der Waals surface area contributed by atoms with E-state index in [4.69, 9.17) is 11.6 Å². The van der Waals surface area contributed by atoms with Crippen molar-refractivity contribution >= 4 is 33.0 Å². The van der Waals surface area contributed by atoms with Gasteiger partial charge in [-0.2, -0.15) is 8.78 Å². The van der Waals surface area contributed by atoms with Crippen molar-refractivity contribution in [3.05, 3.63) is 23.2 Å². The predicted octanol–water partition coefficient (Wildman–Crippen LogP) is 3.17. The van der Waals surface area contributed by atoms with Crippen molar-refractivity contribution in [2.75, 3.05) is 29.9 Å². The van der Waals surface area contributed by atoms with Gasteiger partial charge in [-0.1, -0.05) is 24.9 Å². The van der Waals surface area contributed by atoms with Gasteiger partial charge in [0.1, 0.15) is 5.75 Å². The van der Waals surface area contributed by atoms with Crippen molar-refractivity contribution in [2.45, 2.75) is 38.8 Å². The summed E-state index contributed by atoms with van der Waals surface area (Å²) in [5.74, 6) is -0.294. The second kappa shape index (κ2) is 9.66. The second-order valence-electron chi connectivity index (χ2n) is 6.45. The van der Waals surface area contributed by atoms with Crippen molar-refractivity contribution < 1.29 is 26.7 Å². The number of ether oxygens (including phenoxy) is 1. The molecule has 1 unspecified atom stereocenters. The van der Waals surface area contributed by atoms with Crippen LogP contribution in [0.4, 0.5) is 14.5 Å². The fourth-order valence-electron chi connectivity index (χ4n) is 2.97. The van der Waals surface area contributed by atoms with Crippen molar-refractivity contribution in [2.24, 2.45) is 0 Å². The lowest BCUT2D eigenvalue weighted by Crippen LogP contribution is -2.42. The number of nitrogens with zero attached hydrogens (tertiary/aromatic N) is 1. The molecule has 1 aromatic carbocycles. The molecule has 1 aromatic rings. The molecule has 1 atom stereocenters. The molecule has 6 nitrogen and oxygen atoms in total. The number of hydrogen-bond acceptors (Lipinski definition) is 5. The third-order valence-electron chi connectivity index (χ3n) is 4.30. The van der Waals surface area contributed by atoms with E-state index in [1.54, 1.807) is 0 Å². The molecule has 10 heteroatoms. The average Bonchev–Trinajstić information content (AvgIpc) is 2.93. The molecule has 2 rings (SSSR count). The Balaban J connectivity index is 1.99. The van der Waals surface area contributed by atoms with E-state index in [-0.39, 0.29) is 40.8 Å². The lowest BCUT2D eigenvalue weighted by atomic mass is 10.2. The molecule has 27 heavy (non-hydrogen) atoms. The number of halogens is 3. The Labute approximate surface area is 162 Å². The number of hydrogen-bond donors (Lipinski definition) is 1. The Morgan fingerprint density at radius 3 is 2.74 bits per heavy atom. The van der Waals surface area contributed by atoms with Gasteiger partial charge in [0.15, 0.2) is 9.84 Å². The summed E-state index contributed by atoms with van der Waals surface area (Å²) in [6.07, 6.45) is 2.30. The fraction of sp³-hybridized carbons (Fsp3) is 0.588. The topological polar surface area (TPSA) is 75.7 Å². The minimum absolute atomic E-state index is 0.0437. The van der Waals surface area contributed by atoms with Gasteiger partial charge in [0, 0.05) is 11.7 Å². The average molecular weight is 425 g/mol. The minimum atomic E-state index is -3.05. The molecule has 0 bridgehead atoms. The van der Waals surface area contributed by atoms with Crippen LogP contribution in [0.25, 0.3) is 0 Å². The number of alkyl halides is 2. The van der Waals surface area contributed by atoms with Crippen LogP contribution in [0.1, 0.15) is 26.2 Å². The maximum Gasteiger partial charge on any atom is 0.387 e. The summed E-state index contributed by atoms with van der Waals surface area (Å²) < 4.78 is 52.2. The van der Waals surface area contributed by atoms with E-state index in [9.17, 15) is 22.0 Å². The normalized spacial score (nSPS) is 18.8. The zero-order valence-corrected chi connectivity index (χ0v) is 16.5. The quantitative estimate of drug-likeness (QED) is 0.659. The Hall–Kier alpha value is -1.45. The summed E-state index contributed by atoms with van der Waals surface area (Å²) in [5, 5.41) is 2.61. The van der Waals surface area contributed by atoms with Crippen LogP contribution in [0.15, 0.2) is 18.2 Å². The number of anilines is 1. The van der Waals surface area contributed by atoms with Gasteiger partial charge >= 0.3 is 6.61 Å². The number of nitrogens with one attached hydrogen (secondary N) is 1. The van der Waals surface area contributed by atoms with Gasteiger partial charge in [-0.05, 0) is 37.6 Å². The first-order valence-corrected chi connectivity index (χ1v) is 10.9. The molecule has 0 aromatic heterocycles. The van der Waals surface area contributed by atoms with Gasteiger partial charge in [-0.3, -0.25) is 9.69 Å². The highest BCUT2D eigenvalue weighted by molar-refractivity contribution is 7.91. The number of rotatable bonds is 9. The number of carbonyl (C=O) groups is 1. The van der Waals surface area contributed by atoms with Gasteiger partial charge < -0.3 is 10.1 Å². The van der Waals surface area contributed by atoms with Gasteiger partial charge in [0.25, 0.3) is 0 Å². The molecule has 1 aliphatic heterocycles. The molecule has 1 N–H and O–H groups in total. The van der Waals surface area contributed by atoms with Crippen LogP contribution in [-0.2, 0) is 14.6 Å². The van der Waals surface area contributed by atoms with Gasteiger partial charge in [-0.25, -0.2) is 8.42 Å². The first kappa shape index (κ1) is 21.8. The molecule has 152 valence electrons. The number of unbranched alkanes of at least 4 members (excludes halogenated alkanes) is 1. The van der Waals surface area contributed by atoms with Crippen LogP contribution in [0.5, 0.6) is 5.75 Å². The van der Waals surface area contributed by atoms with Gasteiger partial charge in [-0.15, -0.1) is 0 Å². The Morgan fingerprint density at radius 2 is 2.19 bits per heavy atom. The van der Waals surface area contributed by atoms with E-state index < -0.39 is 16.4 Å². The van der Waals surface area contributed by atoms with Crippen molar-refractivity contribution in [3.63, 3.8) is 0 Å². The standard InChI is InChI=1S/C17H23ClF2N2O4S/c1-2-3-7-22(13-6-8-27(24,25)11-13)10-16(23)21-12-4-5-15(14(18)9-12)26-17(19)20/h4-5,9,13,17H,2-3,6-8,10-11H2,1H3,(H,21,23). The molecular formula is C17H23ClF2N2O4S. The molecule has 0 radical (unpaired) electrons. The third-order valence-corrected chi connectivity index (χ3v) is 6.35. The maximum absolute atomic E-state index is 12.4. The number of sulfone groups is 1. The lowest BCUT2D eigenvalue weighted by Gasteiger charge is -2.27.